The third kappa shape index (κ3) is 4.32. The molecule has 1 heterocycles. The van der Waals surface area contributed by atoms with Crippen LogP contribution in [0.3, 0.4) is 0 Å². The fraction of sp³-hybridized carbons (Fsp3) is 0.238. The summed E-state index contributed by atoms with van der Waals surface area (Å²) in [5, 5.41) is 13.2. The Morgan fingerprint density at radius 3 is 1.92 bits per heavy atom. The Morgan fingerprint density at radius 2 is 1.46 bits per heavy atom. The Balaban J connectivity index is 1.98. The molecule has 1 aromatic heterocycles. The zero-order chi connectivity index (χ0) is 18.7. The molecule has 5 heteroatoms. The van der Waals surface area contributed by atoms with Crippen molar-refractivity contribution in [1.82, 2.24) is 9.47 Å². The smallest absolute Gasteiger partial charge is 0.0846 e. The van der Waals surface area contributed by atoms with Crippen molar-refractivity contribution in [1.29, 1.82) is 0 Å². The van der Waals surface area contributed by atoms with Crippen LogP contribution in [0.1, 0.15) is 0 Å². The van der Waals surface area contributed by atoms with Gasteiger partial charge in [0.2, 0.25) is 0 Å². The van der Waals surface area contributed by atoms with Gasteiger partial charge < -0.3 is 9.67 Å². The molecule has 0 fully saturated rings. The second-order valence-electron chi connectivity index (χ2n) is 6.38. The molecule has 0 unspecified atom stereocenters. The number of aromatic nitrogens is 1. The average Bonchev–Trinajstić information content (AvgIpc) is 2.88. The topological polar surface area (TPSA) is 28.4 Å². The molecule has 3 nitrogen and oxygen atoms in total. The van der Waals surface area contributed by atoms with Crippen molar-refractivity contribution in [3.63, 3.8) is 0 Å². The number of aliphatic hydroxyl groups is 1. The lowest BCUT2D eigenvalue weighted by atomic mass is 10.2. The minimum Gasteiger partial charge on any atom is -0.390 e. The minimum atomic E-state index is -0.466. The van der Waals surface area contributed by atoms with E-state index in [0.29, 0.717) is 13.1 Å². The quantitative estimate of drug-likeness (QED) is 0.303. The van der Waals surface area contributed by atoms with E-state index in [4.69, 9.17) is 0 Å². The van der Waals surface area contributed by atoms with Crippen LogP contribution in [0, 0.1) is 7.14 Å². The number of fused-ring (bicyclic) bond motifs is 3. The van der Waals surface area contributed by atoms with Crippen molar-refractivity contribution < 1.29 is 5.11 Å². The molecular formula is C21H22I2N2O. The molecule has 3 rings (SSSR count). The molecule has 136 valence electrons. The molecule has 1 atom stereocenters. The molecule has 3 aromatic rings. The molecule has 0 aliphatic rings. The Morgan fingerprint density at radius 1 is 0.962 bits per heavy atom. The SMILES string of the molecule is C=CCN(CC=C)C[C@@H](O)Cn1c2ccc(I)cc2c2cc(I)ccc21. The molecule has 1 N–H and O–H groups in total. The van der Waals surface area contributed by atoms with Crippen LogP contribution in [0.15, 0.2) is 61.7 Å². The second-order valence-corrected chi connectivity index (χ2v) is 8.87. The molecule has 2 aromatic carbocycles. The molecule has 0 radical (unpaired) electrons. The molecule has 0 aliphatic heterocycles. The van der Waals surface area contributed by atoms with E-state index in [2.05, 4.69) is 104 Å². The molecule has 0 bridgehead atoms. The monoisotopic (exact) mass is 572 g/mol. The minimum absolute atomic E-state index is 0.466. The van der Waals surface area contributed by atoms with E-state index in [1.165, 1.54) is 28.9 Å². The van der Waals surface area contributed by atoms with Crippen molar-refractivity contribution in [2.24, 2.45) is 0 Å². The highest BCUT2D eigenvalue weighted by Gasteiger charge is 2.16. The van der Waals surface area contributed by atoms with Gasteiger partial charge in [0.05, 0.1) is 12.6 Å². The van der Waals surface area contributed by atoms with E-state index < -0.39 is 6.10 Å². The number of hydrogen-bond donors (Lipinski definition) is 1. The van der Waals surface area contributed by atoms with Gasteiger partial charge >= 0.3 is 0 Å². The standard InChI is InChI=1S/C21H22I2N2O/c1-3-9-24(10-4-2)13-17(26)14-25-20-7-5-15(22)11-18(20)19-12-16(23)6-8-21(19)25/h3-8,11-12,17,26H,1-2,9-10,13-14H2/t17-/m1/s1. The summed E-state index contributed by atoms with van der Waals surface area (Å²) in [6.07, 6.45) is 3.26. The second kappa shape index (κ2) is 8.86. The first-order chi connectivity index (χ1) is 12.5. The number of nitrogens with zero attached hydrogens (tertiary/aromatic N) is 2. The molecule has 0 saturated carbocycles. The average molecular weight is 572 g/mol. The first kappa shape index (κ1) is 19.9. The highest BCUT2D eigenvalue weighted by molar-refractivity contribution is 14.1. The van der Waals surface area contributed by atoms with Gasteiger partial charge in [0, 0.05) is 48.6 Å². The zero-order valence-electron chi connectivity index (χ0n) is 14.5. The van der Waals surface area contributed by atoms with Crippen LogP contribution in [-0.2, 0) is 6.54 Å². The van der Waals surface area contributed by atoms with Crippen LogP contribution >= 0.6 is 45.2 Å². The van der Waals surface area contributed by atoms with Gasteiger partial charge in [-0.15, -0.1) is 13.2 Å². The van der Waals surface area contributed by atoms with Gasteiger partial charge in [-0.3, -0.25) is 4.90 Å². The largest absolute Gasteiger partial charge is 0.390 e. The van der Waals surface area contributed by atoms with Crippen LogP contribution in [-0.4, -0.2) is 40.3 Å². The highest BCUT2D eigenvalue weighted by atomic mass is 127. The lowest BCUT2D eigenvalue weighted by molar-refractivity contribution is 0.111. The number of aliphatic hydroxyl groups excluding tert-OH is 1. The first-order valence-electron chi connectivity index (χ1n) is 8.52. The summed E-state index contributed by atoms with van der Waals surface area (Å²) < 4.78 is 4.68. The summed E-state index contributed by atoms with van der Waals surface area (Å²) >= 11 is 4.70. The lowest BCUT2D eigenvalue weighted by Crippen LogP contribution is -2.35. The zero-order valence-corrected chi connectivity index (χ0v) is 18.9. The van der Waals surface area contributed by atoms with Crippen LogP contribution in [0.2, 0.25) is 0 Å². The summed E-state index contributed by atoms with van der Waals surface area (Å²) in [7, 11) is 0. The number of hydrogen-bond acceptors (Lipinski definition) is 2. The van der Waals surface area contributed by atoms with Gasteiger partial charge in [-0.25, -0.2) is 0 Å². The Labute approximate surface area is 181 Å². The van der Waals surface area contributed by atoms with Crippen LogP contribution < -0.4 is 0 Å². The van der Waals surface area contributed by atoms with Crippen LogP contribution in [0.25, 0.3) is 21.8 Å². The van der Waals surface area contributed by atoms with Crippen molar-refractivity contribution in [2.45, 2.75) is 12.6 Å². The Bertz CT molecular complexity index is 879. The third-order valence-electron chi connectivity index (χ3n) is 4.43. The normalized spacial score (nSPS) is 12.8. The van der Waals surface area contributed by atoms with Gasteiger partial charge in [0.15, 0.2) is 0 Å². The first-order valence-corrected chi connectivity index (χ1v) is 10.7. The van der Waals surface area contributed by atoms with E-state index in [9.17, 15) is 5.11 Å². The Hall–Kier alpha value is -0.900. The highest BCUT2D eigenvalue weighted by Crippen LogP contribution is 2.31. The van der Waals surface area contributed by atoms with Crippen molar-refractivity contribution >= 4 is 67.0 Å². The molecule has 0 spiro atoms. The lowest BCUT2D eigenvalue weighted by Gasteiger charge is -2.23. The Kier molecular flexibility index (Phi) is 6.76. The fourth-order valence-corrected chi connectivity index (χ4v) is 4.38. The predicted molar refractivity (Wildman–Crippen MR) is 128 cm³/mol. The molecule has 26 heavy (non-hydrogen) atoms. The predicted octanol–water partition coefficient (Wildman–Crippen LogP) is 5.04. The van der Waals surface area contributed by atoms with Gasteiger partial charge in [-0.2, -0.15) is 0 Å². The van der Waals surface area contributed by atoms with Crippen molar-refractivity contribution in [3.05, 3.63) is 68.8 Å². The van der Waals surface area contributed by atoms with Gasteiger partial charge in [0.1, 0.15) is 0 Å². The van der Waals surface area contributed by atoms with Crippen molar-refractivity contribution in [2.75, 3.05) is 19.6 Å². The maximum absolute atomic E-state index is 10.7. The summed E-state index contributed by atoms with van der Waals surface area (Å²) in [6, 6.07) is 13.0. The maximum atomic E-state index is 10.7. The molecule has 0 aliphatic carbocycles. The van der Waals surface area contributed by atoms with E-state index in [1.54, 1.807) is 0 Å². The summed E-state index contributed by atoms with van der Waals surface area (Å²) in [6.45, 7) is 10.2. The summed E-state index contributed by atoms with van der Waals surface area (Å²) in [5.41, 5.74) is 2.33. The van der Waals surface area contributed by atoms with Gasteiger partial charge in [-0.1, -0.05) is 12.2 Å². The molecule has 0 saturated heterocycles. The number of halogens is 2. The number of rotatable bonds is 8. The van der Waals surface area contributed by atoms with Gasteiger partial charge in [0.25, 0.3) is 0 Å². The third-order valence-corrected chi connectivity index (χ3v) is 5.77. The van der Waals surface area contributed by atoms with E-state index in [-0.39, 0.29) is 0 Å². The van der Waals surface area contributed by atoms with Gasteiger partial charge in [-0.05, 0) is 81.6 Å². The van der Waals surface area contributed by atoms with E-state index >= 15 is 0 Å². The van der Waals surface area contributed by atoms with Crippen LogP contribution in [0.4, 0.5) is 0 Å². The van der Waals surface area contributed by atoms with Crippen molar-refractivity contribution in [3.8, 4) is 0 Å². The van der Waals surface area contributed by atoms with E-state index in [0.717, 1.165) is 13.1 Å². The fourth-order valence-electron chi connectivity index (χ4n) is 3.40. The molecule has 0 amide bonds. The summed E-state index contributed by atoms with van der Waals surface area (Å²) in [5.74, 6) is 0. The maximum Gasteiger partial charge on any atom is 0.0846 e. The van der Waals surface area contributed by atoms with E-state index in [1.807, 2.05) is 12.2 Å². The molecular weight excluding hydrogens is 550 g/mol. The number of benzene rings is 2. The van der Waals surface area contributed by atoms with Crippen LogP contribution in [0.5, 0.6) is 0 Å². The summed E-state index contributed by atoms with van der Waals surface area (Å²) in [4.78, 5) is 2.14.